The fraction of sp³-hybridized carbons (Fsp3) is 0.467. The monoisotopic (exact) mass is 289 g/mol. The average Bonchev–Trinajstić information content (AvgIpc) is 3.07. The van der Waals surface area contributed by atoms with Crippen LogP contribution in [0.2, 0.25) is 0 Å². The van der Waals surface area contributed by atoms with Crippen LogP contribution in [0.5, 0.6) is 0 Å². The van der Waals surface area contributed by atoms with Gasteiger partial charge in [0.15, 0.2) is 5.13 Å². The first-order chi connectivity index (χ1) is 9.54. The molecule has 1 aromatic heterocycles. The summed E-state index contributed by atoms with van der Waals surface area (Å²) in [4.78, 5) is 18.5. The maximum atomic E-state index is 11.9. The Morgan fingerprint density at radius 3 is 2.75 bits per heavy atom. The van der Waals surface area contributed by atoms with E-state index in [1.165, 1.54) is 15.8 Å². The van der Waals surface area contributed by atoms with E-state index >= 15 is 0 Å². The molecule has 0 aliphatic heterocycles. The predicted molar refractivity (Wildman–Crippen MR) is 83.5 cm³/mol. The van der Waals surface area contributed by atoms with Crippen molar-refractivity contribution >= 4 is 32.6 Å². The lowest BCUT2D eigenvalue weighted by Crippen LogP contribution is -2.36. The lowest BCUT2D eigenvalue weighted by Gasteiger charge is -2.14. The highest BCUT2D eigenvalue weighted by atomic mass is 32.1. The van der Waals surface area contributed by atoms with Crippen LogP contribution in [-0.2, 0) is 4.79 Å². The predicted octanol–water partition coefficient (Wildman–Crippen LogP) is 2.63. The van der Waals surface area contributed by atoms with Crippen molar-refractivity contribution < 1.29 is 4.79 Å². The van der Waals surface area contributed by atoms with Crippen LogP contribution in [-0.4, -0.2) is 30.5 Å². The van der Waals surface area contributed by atoms with Crippen molar-refractivity contribution in [3.8, 4) is 0 Å². The molecule has 20 heavy (non-hydrogen) atoms. The van der Waals surface area contributed by atoms with Crippen molar-refractivity contribution in [2.75, 3.05) is 18.5 Å². The first-order valence-electron chi connectivity index (χ1n) is 6.92. The van der Waals surface area contributed by atoms with Crippen molar-refractivity contribution in [2.24, 2.45) is 0 Å². The summed E-state index contributed by atoms with van der Waals surface area (Å²) in [7, 11) is 1.93. The number of carbonyl (C=O) groups excluding carboxylic acids is 1. The minimum absolute atomic E-state index is 0.0858. The number of carbonyl (C=O) groups is 1. The van der Waals surface area contributed by atoms with E-state index in [1.807, 2.05) is 11.9 Å². The van der Waals surface area contributed by atoms with Gasteiger partial charge in [-0.3, -0.25) is 4.79 Å². The first-order valence-corrected chi connectivity index (χ1v) is 7.73. The second-order valence-corrected chi connectivity index (χ2v) is 6.55. The second-order valence-electron chi connectivity index (χ2n) is 5.57. The molecule has 106 valence electrons. The normalized spacial score (nSPS) is 14.6. The number of nitrogens with one attached hydrogen (secondary N) is 1. The van der Waals surface area contributed by atoms with Crippen LogP contribution >= 0.6 is 11.3 Å². The molecule has 1 aromatic carbocycles. The number of rotatable bonds is 4. The van der Waals surface area contributed by atoms with Crippen LogP contribution in [0.3, 0.4) is 0 Å². The number of anilines is 1. The topological polar surface area (TPSA) is 45.2 Å². The summed E-state index contributed by atoms with van der Waals surface area (Å²) >= 11 is 1.66. The van der Waals surface area contributed by atoms with Gasteiger partial charge in [-0.25, -0.2) is 4.98 Å². The number of aromatic nitrogens is 1. The standard InChI is InChI=1S/C15H19N3OS/c1-9-4-5-10(2)14-13(9)17-15(20-14)18(3)8-12(19)16-11-6-7-11/h4-5,11H,6-8H2,1-3H3,(H,16,19). The average molecular weight is 289 g/mol. The first kappa shape index (κ1) is 13.4. The summed E-state index contributed by atoms with van der Waals surface area (Å²) in [6.07, 6.45) is 2.24. The van der Waals surface area contributed by atoms with Gasteiger partial charge in [-0.05, 0) is 37.8 Å². The van der Waals surface area contributed by atoms with Gasteiger partial charge in [0.1, 0.15) is 0 Å². The van der Waals surface area contributed by atoms with Gasteiger partial charge in [0.25, 0.3) is 0 Å². The molecule has 0 atom stereocenters. The molecule has 0 bridgehead atoms. The highest BCUT2D eigenvalue weighted by molar-refractivity contribution is 7.22. The SMILES string of the molecule is Cc1ccc(C)c2sc(N(C)CC(=O)NC3CC3)nc12. The molecule has 3 rings (SSSR count). The van der Waals surface area contributed by atoms with E-state index in [0.29, 0.717) is 12.6 Å². The van der Waals surface area contributed by atoms with Crippen LogP contribution in [0, 0.1) is 13.8 Å². The lowest BCUT2D eigenvalue weighted by atomic mass is 10.1. The molecule has 5 heteroatoms. The van der Waals surface area contributed by atoms with E-state index in [0.717, 1.165) is 23.5 Å². The molecule has 0 saturated heterocycles. The summed E-state index contributed by atoms with van der Waals surface area (Å²) in [5.74, 6) is 0.0858. The highest BCUT2D eigenvalue weighted by Gasteiger charge is 2.24. The quantitative estimate of drug-likeness (QED) is 0.941. The van der Waals surface area contributed by atoms with Crippen LogP contribution in [0.15, 0.2) is 12.1 Å². The van der Waals surface area contributed by atoms with Crippen molar-refractivity contribution in [1.29, 1.82) is 0 Å². The number of hydrogen-bond donors (Lipinski definition) is 1. The Labute approximate surface area is 122 Å². The molecule has 1 fully saturated rings. The molecule has 4 nitrogen and oxygen atoms in total. The Morgan fingerprint density at radius 1 is 1.40 bits per heavy atom. The zero-order chi connectivity index (χ0) is 14.3. The molecule has 0 unspecified atom stereocenters. The van der Waals surface area contributed by atoms with Crippen LogP contribution in [0.4, 0.5) is 5.13 Å². The molecule has 2 aromatic rings. The number of aryl methyl sites for hydroxylation is 2. The third-order valence-corrected chi connectivity index (χ3v) is 4.89. The minimum Gasteiger partial charge on any atom is -0.352 e. The molecule has 0 spiro atoms. The molecule has 1 N–H and O–H groups in total. The second kappa shape index (κ2) is 5.05. The zero-order valence-electron chi connectivity index (χ0n) is 12.1. The Bertz CT molecular complexity index is 621. The smallest absolute Gasteiger partial charge is 0.239 e. The molecule has 1 saturated carbocycles. The zero-order valence-corrected chi connectivity index (χ0v) is 12.9. The van der Waals surface area contributed by atoms with E-state index < -0.39 is 0 Å². The van der Waals surface area contributed by atoms with Crippen molar-refractivity contribution in [2.45, 2.75) is 32.7 Å². The molecule has 1 aliphatic rings. The van der Waals surface area contributed by atoms with Crippen LogP contribution < -0.4 is 10.2 Å². The number of nitrogens with zero attached hydrogens (tertiary/aromatic N) is 2. The van der Waals surface area contributed by atoms with E-state index in [1.54, 1.807) is 11.3 Å². The molecular weight excluding hydrogens is 270 g/mol. The molecule has 1 heterocycles. The molecular formula is C15H19N3OS. The molecule has 1 aliphatic carbocycles. The summed E-state index contributed by atoms with van der Waals surface area (Å²) in [6, 6.07) is 4.64. The van der Waals surface area contributed by atoms with Crippen LogP contribution in [0.25, 0.3) is 10.2 Å². The fourth-order valence-corrected chi connectivity index (χ4v) is 3.27. The van der Waals surface area contributed by atoms with E-state index in [-0.39, 0.29) is 5.91 Å². The number of fused-ring (bicyclic) bond motifs is 1. The number of hydrogen-bond acceptors (Lipinski definition) is 4. The van der Waals surface area contributed by atoms with Crippen LogP contribution in [0.1, 0.15) is 24.0 Å². The maximum Gasteiger partial charge on any atom is 0.239 e. The summed E-state index contributed by atoms with van der Waals surface area (Å²) < 4.78 is 1.22. The highest BCUT2D eigenvalue weighted by Crippen LogP contribution is 2.32. The third kappa shape index (κ3) is 2.63. The van der Waals surface area contributed by atoms with E-state index in [2.05, 4.69) is 36.3 Å². The lowest BCUT2D eigenvalue weighted by molar-refractivity contribution is -0.119. The van der Waals surface area contributed by atoms with Gasteiger partial charge in [0.05, 0.1) is 16.8 Å². The van der Waals surface area contributed by atoms with Gasteiger partial charge >= 0.3 is 0 Å². The number of likely N-dealkylation sites (N-methyl/N-ethyl adjacent to an activating group) is 1. The maximum absolute atomic E-state index is 11.9. The number of amides is 1. The fourth-order valence-electron chi connectivity index (χ4n) is 2.20. The number of thiazole rings is 1. The minimum atomic E-state index is 0.0858. The Hall–Kier alpha value is -1.62. The Balaban J connectivity index is 1.80. The summed E-state index contributed by atoms with van der Waals surface area (Å²) in [6.45, 7) is 4.54. The molecule has 1 amide bonds. The van der Waals surface area contributed by atoms with Gasteiger partial charge in [0.2, 0.25) is 5.91 Å². The Kier molecular flexibility index (Phi) is 3.38. The number of benzene rings is 1. The van der Waals surface area contributed by atoms with Crippen molar-refractivity contribution in [3.63, 3.8) is 0 Å². The van der Waals surface area contributed by atoms with E-state index in [4.69, 9.17) is 0 Å². The Morgan fingerprint density at radius 2 is 2.10 bits per heavy atom. The molecule has 0 radical (unpaired) electrons. The van der Waals surface area contributed by atoms with Crippen molar-refractivity contribution in [3.05, 3.63) is 23.3 Å². The largest absolute Gasteiger partial charge is 0.352 e. The summed E-state index contributed by atoms with van der Waals surface area (Å²) in [5.41, 5.74) is 3.48. The van der Waals surface area contributed by atoms with Gasteiger partial charge < -0.3 is 10.2 Å². The van der Waals surface area contributed by atoms with Gasteiger partial charge in [-0.2, -0.15) is 0 Å². The summed E-state index contributed by atoms with van der Waals surface area (Å²) in [5, 5.41) is 3.91. The third-order valence-electron chi connectivity index (χ3n) is 3.58. The van der Waals surface area contributed by atoms with E-state index in [9.17, 15) is 4.79 Å². The van der Waals surface area contributed by atoms with Gasteiger partial charge in [-0.15, -0.1) is 0 Å². The van der Waals surface area contributed by atoms with Gasteiger partial charge in [-0.1, -0.05) is 23.5 Å². The van der Waals surface area contributed by atoms with Gasteiger partial charge in [0, 0.05) is 13.1 Å². The van der Waals surface area contributed by atoms with Crippen molar-refractivity contribution in [1.82, 2.24) is 10.3 Å².